The number of carbonyl (C=O) groups is 1. The Bertz CT molecular complexity index is 495. The molecule has 0 aliphatic carbocycles. The second-order valence-corrected chi connectivity index (χ2v) is 5.63. The van der Waals surface area contributed by atoms with Gasteiger partial charge in [-0.25, -0.2) is 0 Å². The Morgan fingerprint density at radius 2 is 2.10 bits per heavy atom. The van der Waals surface area contributed by atoms with Crippen LogP contribution in [0, 0.1) is 0 Å². The van der Waals surface area contributed by atoms with E-state index >= 15 is 0 Å². The summed E-state index contributed by atoms with van der Waals surface area (Å²) in [6.45, 7) is 5.57. The summed E-state index contributed by atoms with van der Waals surface area (Å²) in [5, 5.41) is 2.65. The van der Waals surface area contributed by atoms with Crippen LogP contribution in [0.3, 0.4) is 0 Å². The molecule has 0 saturated carbocycles. The van der Waals surface area contributed by atoms with E-state index in [4.69, 9.17) is 5.73 Å². The number of piperidine rings is 1. The van der Waals surface area contributed by atoms with Crippen molar-refractivity contribution in [2.75, 3.05) is 44.4 Å². The number of hydrogen-bond acceptors (Lipinski definition) is 4. The molecule has 21 heavy (non-hydrogen) atoms. The normalized spacial score (nSPS) is 16.7. The first kappa shape index (κ1) is 15.6. The molecule has 3 N–H and O–H groups in total. The SMILES string of the molecule is CCN1CCC(N(C)c2cc(C(=O)NC)ccc2N)CC1. The van der Waals surface area contributed by atoms with E-state index in [1.807, 2.05) is 12.1 Å². The Morgan fingerprint density at radius 1 is 1.43 bits per heavy atom. The van der Waals surface area contributed by atoms with Crippen molar-refractivity contribution in [1.29, 1.82) is 0 Å². The monoisotopic (exact) mass is 290 g/mol. The summed E-state index contributed by atoms with van der Waals surface area (Å²) in [5.41, 5.74) is 8.44. The van der Waals surface area contributed by atoms with Crippen LogP contribution in [0.1, 0.15) is 30.1 Å². The van der Waals surface area contributed by atoms with Crippen molar-refractivity contribution in [2.24, 2.45) is 0 Å². The van der Waals surface area contributed by atoms with Gasteiger partial charge in [0.1, 0.15) is 0 Å². The molecular formula is C16H26N4O. The molecule has 1 aromatic carbocycles. The minimum atomic E-state index is -0.0783. The fourth-order valence-electron chi connectivity index (χ4n) is 2.95. The molecule has 5 nitrogen and oxygen atoms in total. The average Bonchev–Trinajstić information content (AvgIpc) is 2.54. The van der Waals surface area contributed by atoms with Crippen LogP contribution in [0.15, 0.2) is 18.2 Å². The van der Waals surface area contributed by atoms with Crippen molar-refractivity contribution >= 4 is 17.3 Å². The lowest BCUT2D eigenvalue weighted by Crippen LogP contribution is -2.43. The molecule has 1 fully saturated rings. The molecular weight excluding hydrogens is 264 g/mol. The molecule has 1 aromatic rings. The summed E-state index contributed by atoms with van der Waals surface area (Å²) in [4.78, 5) is 16.5. The average molecular weight is 290 g/mol. The van der Waals surface area contributed by atoms with Crippen LogP contribution in [0.4, 0.5) is 11.4 Å². The summed E-state index contributed by atoms with van der Waals surface area (Å²) >= 11 is 0. The Labute approximate surface area is 127 Å². The number of carbonyl (C=O) groups excluding carboxylic acids is 1. The van der Waals surface area contributed by atoms with Crippen molar-refractivity contribution in [3.63, 3.8) is 0 Å². The molecule has 1 aliphatic rings. The Hall–Kier alpha value is -1.75. The number of nitrogen functional groups attached to an aromatic ring is 1. The topological polar surface area (TPSA) is 61.6 Å². The second-order valence-electron chi connectivity index (χ2n) is 5.63. The van der Waals surface area contributed by atoms with Crippen LogP contribution in [-0.2, 0) is 0 Å². The molecule has 0 unspecified atom stereocenters. The van der Waals surface area contributed by atoms with Gasteiger partial charge < -0.3 is 20.9 Å². The van der Waals surface area contributed by atoms with E-state index in [1.54, 1.807) is 13.1 Å². The maximum absolute atomic E-state index is 11.8. The first-order valence-corrected chi connectivity index (χ1v) is 7.63. The van der Waals surface area contributed by atoms with Crippen LogP contribution in [-0.4, -0.2) is 50.6 Å². The number of benzene rings is 1. The van der Waals surface area contributed by atoms with E-state index in [0.29, 0.717) is 11.6 Å². The van der Waals surface area contributed by atoms with Crippen molar-refractivity contribution in [3.05, 3.63) is 23.8 Å². The zero-order chi connectivity index (χ0) is 15.4. The van der Waals surface area contributed by atoms with Crippen LogP contribution in [0.5, 0.6) is 0 Å². The Balaban J connectivity index is 2.15. The number of anilines is 2. The largest absolute Gasteiger partial charge is 0.397 e. The number of nitrogens with zero attached hydrogens (tertiary/aromatic N) is 2. The smallest absolute Gasteiger partial charge is 0.251 e. The van der Waals surface area contributed by atoms with Crippen molar-refractivity contribution in [2.45, 2.75) is 25.8 Å². The third-order valence-corrected chi connectivity index (χ3v) is 4.45. The summed E-state index contributed by atoms with van der Waals surface area (Å²) in [5.74, 6) is -0.0783. The predicted octanol–water partition coefficient (Wildman–Crippen LogP) is 1.55. The van der Waals surface area contributed by atoms with Crippen molar-refractivity contribution in [3.8, 4) is 0 Å². The number of nitrogens with two attached hydrogens (primary N) is 1. The molecule has 0 bridgehead atoms. The van der Waals surface area contributed by atoms with Crippen LogP contribution < -0.4 is 16.0 Å². The summed E-state index contributed by atoms with van der Waals surface area (Å²) in [7, 11) is 3.72. The summed E-state index contributed by atoms with van der Waals surface area (Å²) in [6.07, 6.45) is 2.27. The van der Waals surface area contributed by atoms with Gasteiger partial charge in [0.15, 0.2) is 0 Å². The molecule has 0 spiro atoms. The van der Waals surface area contributed by atoms with E-state index in [-0.39, 0.29) is 5.91 Å². The number of rotatable bonds is 4. The molecule has 116 valence electrons. The number of hydrogen-bond donors (Lipinski definition) is 2. The highest BCUT2D eigenvalue weighted by Gasteiger charge is 2.23. The first-order chi connectivity index (χ1) is 10.1. The molecule has 1 heterocycles. The molecule has 0 radical (unpaired) electrons. The molecule has 0 aromatic heterocycles. The van der Waals surface area contributed by atoms with Gasteiger partial charge in [-0.15, -0.1) is 0 Å². The summed E-state index contributed by atoms with van der Waals surface area (Å²) < 4.78 is 0. The number of nitrogens with one attached hydrogen (secondary N) is 1. The summed E-state index contributed by atoms with van der Waals surface area (Å²) in [6, 6.07) is 5.96. The van der Waals surface area contributed by atoms with E-state index in [2.05, 4.69) is 29.1 Å². The minimum absolute atomic E-state index is 0.0783. The van der Waals surface area contributed by atoms with Gasteiger partial charge in [-0.1, -0.05) is 6.92 Å². The standard InChI is InChI=1S/C16H26N4O/c1-4-20-9-7-13(8-10-20)19(3)15-11-12(16(21)18-2)5-6-14(15)17/h5-6,11,13H,4,7-10,17H2,1-3H3,(H,18,21). The fourth-order valence-corrected chi connectivity index (χ4v) is 2.95. The highest BCUT2D eigenvalue weighted by Crippen LogP contribution is 2.28. The van der Waals surface area contributed by atoms with Gasteiger partial charge in [0.25, 0.3) is 5.91 Å². The highest BCUT2D eigenvalue weighted by atomic mass is 16.1. The highest BCUT2D eigenvalue weighted by molar-refractivity contribution is 5.96. The molecule has 1 aliphatic heterocycles. The molecule has 1 saturated heterocycles. The van der Waals surface area contributed by atoms with Gasteiger partial charge in [-0.3, -0.25) is 4.79 Å². The van der Waals surface area contributed by atoms with Crippen molar-refractivity contribution in [1.82, 2.24) is 10.2 Å². The number of likely N-dealkylation sites (tertiary alicyclic amines) is 1. The lowest BCUT2D eigenvalue weighted by Gasteiger charge is -2.38. The third-order valence-electron chi connectivity index (χ3n) is 4.45. The fraction of sp³-hybridized carbons (Fsp3) is 0.562. The lowest BCUT2D eigenvalue weighted by atomic mass is 10.0. The molecule has 0 atom stereocenters. The third kappa shape index (κ3) is 3.47. The van der Waals surface area contributed by atoms with Crippen LogP contribution in [0.2, 0.25) is 0 Å². The van der Waals surface area contributed by atoms with Gasteiger partial charge in [-0.2, -0.15) is 0 Å². The second kappa shape index (κ2) is 6.80. The van der Waals surface area contributed by atoms with Gasteiger partial charge in [0.2, 0.25) is 0 Å². The molecule has 5 heteroatoms. The van der Waals surface area contributed by atoms with Gasteiger partial charge in [0.05, 0.1) is 11.4 Å². The molecule has 1 amide bonds. The number of amides is 1. The maximum Gasteiger partial charge on any atom is 0.251 e. The van der Waals surface area contributed by atoms with Crippen LogP contribution in [0.25, 0.3) is 0 Å². The van der Waals surface area contributed by atoms with Gasteiger partial charge in [-0.05, 0) is 37.6 Å². The zero-order valence-electron chi connectivity index (χ0n) is 13.2. The lowest BCUT2D eigenvalue weighted by molar-refractivity contribution is 0.0963. The Morgan fingerprint density at radius 3 is 2.67 bits per heavy atom. The van der Waals surface area contributed by atoms with E-state index < -0.39 is 0 Å². The van der Waals surface area contributed by atoms with E-state index in [0.717, 1.165) is 43.9 Å². The molecule has 2 rings (SSSR count). The predicted molar refractivity (Wildman–Crippen MR) is 87.8 cm³/mol. The first-order valence-electron chi connectivity index (χ1n) is 7.63. The van der Waals surface area contributed by atoms with E-state index in [1.165, 1.54) is 0 Å². The Kier molecular flexibility index (Phi) is 5.07. The van der Waals surface area contributed by atoms with Crippen LogP contribution >= 0.6 is 0 Å². The zero-order valence-corrected chi connectivity index (χ0v) is 13.2. The van der Waals surface area contributed by atoms with Crippen molar-refractivity contribution < 1.29 is 4.79 Å². The quantitative estimate of drug-likeness (QED) is 0.826. The van der Waals surface area contributed by atoms with Gasteiger partial charge >= 0.3 is 0 Å². The minimum Gasteiger partial charge on any atom is -0.397 e. The maximum atomic E-state index is 11.8. The van der Waals surface area contributed by atoms with Gasteiger partial charge in [0, 0.05) is 38.8 Å². The van der Waals surface area contributed by atoms with E-state index in [9.17, 15) is 4.79 Å².